The number of carbonyl (C=O) groups is 2. The highest BCUT2D eigenvalue weighted by atomic mass is 32.2. The summed E-state index contributed by atoms with van der Waals surface area (Å²) < 4.78 is 0. The Morgan fingerprint density at radius 1 is 1.50 bits per heavy atom. The molecule has 0 aromatic rings. The molecule has 6 heteroatoms. The number of carboxylic acid groups (broad SMARTS) is 1. The molecule has 2 heterocycles. The average Bonchev–Trinajstić information content (AvgIpc) is 2.28. The van der Waals surface area contributed by atoms with Crippen LogP contribution in [0.15, 0.2) is 0 Å². The first-order chi connectivity index (χ1) is 8.58. The van der Waals surface area contributed by atoms with Crippen LogP contribution in [0.25, 0.3) is 0 Å². The van der Waals surface area contributed by atoms with Gasteiger partial charge in [0.15, 0.2) is 0 Å². The smallest absolute Gasteiger partial charge is 0.306 e. The highest BCUT2D eigenvalue weighted by Gasteiger charge is 2.37. The minimum absolute atomic E-state index is 0.125. The molecular weight excluding hydrogens is 252 g/mol. The zero-order valence-electron chi connectivity index (χ0n) is 10.6. The van der Waals surface area contributed by atoms with Gasteiger partial charge in [-0.15, -0.1) is 0 Å². The zero-order chi connectivity index (χ0) is 13.1. The van der Waals surface area contributed by atoms with Gasteiger partial charge < -0.3 is 15.3 Å². The van der Waals surface area contributed by atoms with Gasteiger partial charge in [-0.1, -0.05) is 6.92 Å². The molecule has 1 amide bonds. The largest absolute Gasteiger partial charge is 0.481 e. The van der Waals surface area contributed by atoms with Gasteiger partial charge in [0.2, 0.25) is 5.91 Å². The van der Waals surface area contributed by atoms with Crippen LogP contribution in [0.5, 0.6) is 0 Å². The highest BCUT2D eigenvalue weighted by molar-refractivity contribution is 7.99. The van der Waals surface area contributed by atoms with Gasteiger partial charge in [-0.3, -0.25) is 9.59 Å². The zero-order valence-corrected chi connectivity index (χ0v) is 11.4. The van der Waals surface area contributed by atoms with Crippen molar-refractivity contribution in [2.75, 3.05) is 31.1 Å². The summed E-state index contributed by atoms with van der Waals surface area (Å²) >= 11 is 1.88. The van der Waals surface area contributed by atoms with Crippen LogP contribution in [0, 0.1) is 11.8 Å². The first-order valence-corrected chi connectivity index (χ1v) is 7.55. The Morgan fingerprint density at radius 3 is 2.78 bits per heavy atom. The Bertz CT molecular complexity index is 325. The van der Waals surface area contributed by atoms with Crippen molar-refractivity contribution in [2.45, 2.75) is 19.4 Å². The van der Waals surface area contributed by atoms with E-state index in [4.69, 9.17) is 5.11 Å². The number of hydrogen-bond donors (Lipinski definition) is 2. The molecule has 2 aliphatic rings. The summed E-state index contributed by atoms with van der Waals surface area (Å²) in [6, 6.07) is 0.284. The summed E-state index contributed by atoms with van der Waals surface area (Å²) in [7, 11) is 0. The van der Waals surface area contributed by atoms with Crippen molar-refractivity contribution in [3.8, 4) is 0 Å². The van der Waals surface area contributed by atoms with E-state index in [1.165, 1.54) is 0 Å². The summed E-state index contributed by atoms with van der Waals surface area (Å²) in [6.45, 7) is 3.90. The lowest BCUT2D eigenvalue weighted by atomic mass is 9.87. The first-order valence-electron chi connectivity index (χ1n) is 6.39. The van der Waals surface area contributed by atoms with E-state index in [-0.39, 0.29) is 23.8 Å². The Balaban J connectivity index is 1.71. The van der Waals surface area contributed by atoms with Crippen molar-refractivity contribution < 1.29 is 14.7 Å². The second-order valence-corrected chi connectivity index (χ2v) is 6.27. The number of rotatable bonds is 4. The fourth-order valence-electron chi connectivity index (χ4n) is 2.32. The highest BCUT2D eigenvalue weighted by Crippen LogP contribution is 2.25. The lowest BCUT2D eigenvalue weighted by Gasteiger charge is -2.42. The second kappa shape index (κ2) is 5.93. The number of likely N-dealkylation sites (tertiary alicyclic amines) is 1. The molecule has 2 fully saturated rings. The molecule has 2 atom stereocenters. The van der Waals surface area contributed by atoms with Crippen molar-refractivity contribution in [2.24, 2.45) is 11.8 Å². The number of nitrogens with zero attached hydrogens (tertiary/aromatic N) is 1. The quantitative estimate of drug-likeness (QED) is 0.768. The van der Waals surface area contributed by atoms with Crippen LogP contribution in [0.4, 0.5) is 0 Å². The van der Waals surface area contributed by atoms with Gasteiger partial charge in [-0.25, -0.2) is 0 Å². The van der Waals surface area contributed by atoms with E-state index in [1.54, 1.807) is 11.8 Å². The van der Waals surface area contributed by atoms with Crippen molar-refractivity contribution in [3.63, 3.8) is 0 Å². The third-order valence-electron chi connectivity index (χ3n) is 3.78. The van der Waals surface area contributed by atoms with Crippen LogP contribution in [0.2, 0.25) is 0 Å². The third kappa shape index (κ3) is 3.17. The lowest BCUT2D eigenvalue weighted by Crippen LogP contribution is -2.55. The van der Waals surface area contributed by atoms with E-state index in [9.17, 15) is 9.59 Å². The molecule has 102 valence electrons. The van der Waals surface area contributed by atoms with E-state index in [0.29, 0.717) is 19.5 Å². The third-order valence-corrected chi connectivity index (χ3v) is 4.91. The fourth-order valence-corrected chi connectivity index (χ4v) is 3.27. The van der Waals surface area contributed by atoms with E-state index < -0.39 is 5.97 Å². The maximum absolute atomic E-state index is 12.0. The fraction of sp³-hybridized carbons (Fsp3) is 0.833. The molecule has 0 saturated carbocycles. The van der Waals surface area contributed by atoms with Gasteiger partial charge in [0, 0.05) is 49.5 Å². The molecule has 0 spiro atoms. The SMILES string of the molecule is CC(C(=O)O)C1CN(C(=O)CC2CSCCN2)C1. The monoisotopic (exact) mass is 272 g/mol. The predicted octanol–water partition coefficient (Wildman–Crippen LogP) is 0.261. The molecular formula is C12H20N2O3S. The molecule has 2 saturated heterocycles. The maximum atomic E-state index is 12.0. The first kappa shape index (κ1) is 13.7. The summed E-state index contributed by atoms with van der Waals surface area (Å²) in [5.74, 6) is 1.28. The lowest BCUT2D eigenvalue weighted by molar-refractivity contribution is -0.150. The standard InChI is InChI=1S/C12H20N2O3S/c1-8(12(16)17)9-5-14(6-9)11(15)4-10-7-18-3-2-13-10/h8-10,13H,2-7H2,1H3,(H,16,17). The van der Waals surface area contributed by atoms with Crippen molar-refractivity contribution in [3.05, 3.63) is 0 Å². The van der Waals surface area contributed by atoms with Gasteiger partial charge in [0.1, 0.15) is 0 Å². The molecule has 0 aromatic heterocycles. The number of carboxylic acids is 1. The number of thioether (sulfide) groups is 1. The molecule has 2 N–H and O–H groups in total. The minimum Gasteiger partial charge on any atom is -0.481 e. The number of carbonyl (C=O) groups excluding carboxylic acids is 1. The van der Waals surface area contributed by atoms with Crippen LogP contribution in [-0.4, -0.2) is 59.1 Å². The van der Waals surface area contributed by atoms with Crippen molar-refractivity contribution in [1.82, 2.24) is 10.2 Å². The molecule has 18 heavy (non-hydrogen) atoms. The van der Waals surface area contributed by atoms with Crippen LogP contribution in [0.3, 0.4) is 0 Å². The van der Waals surface area contributed by atoms with Gasteiger partial charge >= 0.3 is 5.97 Å². The summed E-state index contributed by atoms with van der Waals surface area (Å²) in [6.07, 6.45) is 0.543. The summed E-state index contributed by atoms with van der Waals surface area (Å²) in [4.78, 5) is 24.6. The minimum atomic E-state index is -0.766. The van der Waals surface area contributed by atoms with Gasteiger partial charge in [0.25, 0.3) is 0 Å². The van der Waals surface area contributed by atoms with E-state index in [2.05, 4.69) is 5.32 Å². The molecule has 2 aliphatic heterocycles. The van der Waals surface area contributed by atoms with Gasteiger partial charge in [-0.05, 0) is 0 Å². The molecule has 2 unspecified atom stereocenters. The molecule has 0 aromatic carbocycles. The maximum Gasteiger partial charge on any atom is 0.306 e. The normalized spacial score (nSPS) is 26.5. The van der Waals surface area contributed by atoms with Crippen molar-refractivity contribution >= 4 is 23.6 Å². The molecule has 0 bridgehead atoms. The summed E-state index contributed by atoms with van der Waals surface area (Å²) in [5.41, 5.74) is 0. The Morgan fingerprint density at radius 2 is 2.22 bits per heavy atom. The molecule has 0 radical (unpaired) electrons. The Labute approximate surface area is 111 Å². The average molecular weight is 272 g/mol. The van der Waals surface area contributed by atoms with Crippen LogP contribution >= 0.6 is 11.8 Å². The number of hydrogen-bond acceptors (Lipinski definition) is 4. The van der Waals surface area contributed by atoms with E-state index in [0.717, 1.165) is 18.1 Å². The van der Waals surface area contributed by atoms with Gasteiger partial charge in [-0.2, -0.15) is 11.8 Å². The predicted molar refractivity (Wildman–Crippen MR) is 70.6 cm³/mol. The number of amides is 1. The summed E-state index contributed by atoms with van der Waals surface area (Å²) in [5, 5.41) is 12.2. The van der Waals surface area contributed by atoms with E-state index >= 15 is 0 Å². The molecule has 5 nitrogen and oxygen atoms in total. The molecule has 0 aliphatic carbocycles. The van der Waals surface area contributed by atoms with Gasteiger partial charge in [0.05, 0.1) is 5.92 Å². The van der Waals surface area contributed by atoms with E-state index in [1.807, 2.05) is 11.8 Å². The number of aliphatic carboxylic acids is 1. The van der Waals surface area contributed by atoms with Crippen LogP contribution < -0.4 is 5.32 Å². The Kier molecular flexibility index (Phi) is 4.50. The topological polar surface area (TPSA) is 69.6 Å². The van der Waals surface area contributed by atoms with Crippen molar-refractivity contribution in [1.29, 1.82) is 0 Å². The number of nitrogens with one attached hydrogen (secondary N) is 1. The van der Waals surface area contributed by atoms with Crippen LogP contribution in [-0.2, 0) is 9.59 Å². The Hall–Kier alpha value is -0.750. The second-order valence-electron chi connectivity index (χ2n) is 5.12. The van der Waals surface area contributed by atoms with Crippen LogP contribution in [0.1, 0.15) is 13.3 Å². The molecule has 2 rings (SSSR count).